The molecule has 3 nitrogen and oxygen atoms in total. The van der Waals surface area contributed by atoms with Gasteiger partial charge >= 0.3 is 0 Å². The fourth-order valence-corrected chi connectivity index (χ4v) is 3.60. The first-order valence-electron chi connectivity index (χ1n) is 7.05. The Morgan fingerprint density at radius 2 is 1.91 bits per heavy atom. The highest BCUT2D eigenvalue weighted by atomic mass is 35.5. The number of aromatic nitrogens is 1. The lowest BCUT2D eigenvalue weighted by Gasteiger charge is -2.23. The average Bonchev–Trinajstić information content (AvgIpc) is 2.99. The Hall–Kier alpha value is -1.62. The van der Waals surface area contributed by atoms with Crippen molar-refractivity contribution in [2.75, 3.05) is 7.05 Å². The van der Waals surface area contributed by atoms with E-state index in [0.717, 1.165) is 15.2 Å². The number of amides is 1. The largest absolute Gasteiger partial charge is 0.333 e. The van der Waals surface area contributed by atoms with Crippen molar-refractivity contribution in [1.29, 1.82) is 0 Å². The number of benzene rings is 2. The summed E-state index contributed by atoms with van der Waals surface area (Å²) in [6.07, 6.45) is 0. The van der Waals surface area contributed by atoms with Gasteiger partial charge in [0.25, 0.3) is 5.91 Å². The van der Waals surface area contributed by atoms with Crippen molar-refractivity contribution < 1.29 is 4.79 Å². The third-order valence-electron chi connectivity index (χ3n) is 3.74. The molecule has 6 heteroatoms. The van der Waals surface area contributed by atoms with Crippen molar-refractivity contribution in [3.8, 4) is 0 Å². The minimum absolute atomic E-state index is 0.115. The topological polar surface area (TPSA) is 33.2 Å². The molecule has 23 heavy (non-hydrogen) atoms. The van der Waals surface area contributed by atoms with Gasteiger partial charge in [-0.2, -0.15) is 0 Å². The minimum Gasteiger partial charge on any atom is -0.333 e. The number of hydrogen-bond acceptors (Lipinski definition) is 3. The third kappa shape index (κ3) is 3.20. The van der Waals surface area contributed by atoms with E-state index in [2.05, 4.69) is 4.98 Å². The van der Waals surface area contributed by atoms with Crippen LogP contribution in [0.1, 0.15) is 28.3 Å². The van der Waals surface area contributed by atoms with Crippen LogP contribution < -0.4 is 0 Å². The molecule has 2 aromatic carbocycles. The van der Waals surface area contributed by atoms with Crippen LogP contribution in [0.5, 0.6) is 0 Å². The van der Waals surface area contributed by atoms with Crippen LogP contribution in [0.3, 0.4) is 0 Å². The highest BCUT2D eigenvalue weighted by Gasteiger charge is 2.22. The molecule has 1 atom stereocenters. The third-order valence-corrected chi connectivity index (χ3v) is 5.68. The zero-order valence-electron chi connectivity index (χ0n) is 12.6. The second-order valence-electron chi connectivity index (χ2n) is 5.24. The normalized spacial score (nSPS) is 12.3. The predicted molar refractivity (Wildman–Crippen MR) is 96.6 cm³/mol. The van der Waals surface area contributed by atoms with Gasteiger partial charge in [-0.3, -0.25) is 4.79 Å². The number of thiazole rings is 1. The number of nitrogens with zero attached hydrogens (tertiary/aromatic N) is 2. The predicted octanol–water partition coefficient (Wildman–Crippen LogP) is 5.44. The molecule has 3 aromatic rings. The van der Waals surface area contributed by atoms with Gasteiger partial charge < -0.3 is 4.90 Å². The van der Waals surface area contributed by atoms with E-state index in [1.807, 2.05) is 31.2 Å². The molecular weight excluding hydrogens is 351 g/mol. The van der Waals surface area contributed by atoms with Gasteiger partial charge in [0, 0.05) is 12.6 Å². The number of rotatable bonds is 3. The second kappa shape index (κ2) is 6.48. The zero-order valence-corrected chi connectivity index (χ0v) is 14.9. The Morgan fingerprint density at radius 3 is 2.61 bits per heavy atom. The lowest BCUT2D eigenvalue weighted by atomic mass is 10.2. The van der Waals surface area contributed by atoms with E-state index in [1.54, 1.807) is 41.5 Å². The smallest absolute Gasteiger partial charge is 0.254 e. The summed E-state index contributed by atoms with van der Waals surface area (Å²) in [5, 5.41) is 1.71. The summed E-state index contributed by atoms with van der Waals surface area (Å²) in [4.78, 5) is 18.9. The quantitative estimate of drug-likeness (QED) is 0.620. The van der Waals surface area contributed by atoms with E-state index >= 15 is 0 Å². The highest BCUT2D eigenvalue weighted by Crippen LogP contribution is 2.30. The number of carbonyl (C=O) groups is 1. The molecular formula is C17H14Cl2N2OS. The van der Waals surface area contributed by atoms with Crippen LogP contribution in [0.15, 0.2) is 42.5 Å². The fourth-order valence-electron chi connectivity index (χ4n) is 2.24. The molecule has 1 aromatic heterocycles. The molecule has 0 spiro atoms. The molecule has 1 heterocycles. The molecule has 0 saturated carbocycles. The van der Waals surface area contributed by atoms with E-state index in [0.29, 0.717) is 15.6 Å². The van der Waals surface area contributed by atoms with Crippen molar-refractivity contribution in [2.24, 2.45) is 0 Å². The van der Waals surface area contributed by atoms with Crippen LogP contribution in [-0.4, -0.2) is 22.8 Å². The number of para-hydroxylation sites is 1. The highest BCUT2D eigenvalue weighted by molar-refractivity contribution is 7.18. The summed E-state index contributed by atoms with van der Waals surface area (Å²) in [6, 6.07) is 12.7. The fraction of sp³-hybridized carbons (Fsp3) is 0.176. The average molecular weight is 365 g/mol. The standard InChI is InChI=1S/C17H14Cl2N2OS/c1-10(16-20-14-5-3-4-6-15(14)23-16)21(2)17(22)11-7-8-12(18)13(19)9-11/h3-10H,1-2H3/t10-/m0/s1. The lowest BCUT2D eigenvalue weighted by Crippen LogP contribution is -2.29. The van der Waals surface area contributed by atoms with Gasteiger partial charge in [-0.25, -0.2) is 4.98 Å². The molecule has 0 fully saturated rings. The maximum absolute atomic E-state index is 12.6. The maximum Gasteiger partial charge on any atom is 0.254 e. The summed E-state index contributed by atoms with van der Waals surface area (Å²) in [7, 11) is 1.77. The minimum atomic E-state index is -0.130. The summed E-state index contributed by atoms with van der Waals surface area (Å²) in [5.74, 6) is -0.115. The Bertz CT molecular complexity index is 845. The first kappa shape index (κ1) is 16.2. The number of fused-ring (bicyclic) bond motifs is 1. The molecule has 0 aliphatic carbocycles. The lowest BCUT2D eigenvalue weighted by molar-refractivity contribution is 0.0742. The van der Waals surface area contributed by atoms with Crippen LogP contribution in [0, 0.1) is 0 Å². The molecule has 0 saturated heterocycles. The zero-order chi connectivity index (χ0) is 16.6. The SMILES string of the molecule is C[C@@H](c1nc2ccccc2s1)N(C)C(=O)c1ccc(Cl)c(Cl)c1. The van der Waals surface area contributed by atoms with Gasteiger partial charge in [-0.1, -0.05) is 35.3 Å². The van der Waals surface area contributed by atoms with E-state index in [1.165, 1.54) is 0 Å². The van der Waals surface area contributed by atoms with Crippen LogP contribution in [0.2, 0.25) is 10.0 Å². The van der Waals surface area contributed by atoms with Crippen molar-refractivity contribution >= 4 is 50.7 Å². The number of halogens is 2. The van der Waals surface area contributed by atoms with Crippen LogP contribution in [-0.2, 0) is 0 Å². The van der Waals surface area contributed by atoms with Crippen molar-refractivity contribution in [1.82, 2.24) is 9.88 Å². The van der Waals surface area contributed by atoms with Crippen LogP contribution in [0.4, 0.5) is 0 Å². The molecule has 118 valence electrons. The Labute approximate surface area is 148 Å². The van der Waals surface area contributed by atoms with Gasteiger partial charge in [-0.05, 0) is 37.3 Å². The summed E-state index contributed by atoms with van der Waals surface area (Å²) in [5.41, 5.74) is 1.46. The summed E-state index contributed by atoms with van der Waals surface area (Å²) >= 11 is 13.5. The van der Waals surface area contributed by atoms with Crippen molar-refractivity contribution in [3.05, 3.63) is 63.1 Å². The first-order chi connectivity index (χ1) is 11.0. The van der Waals surface area contributed by atoms with Gasteiger partial charge in [-0.15, -0.1) is 11.3 Å². The van der Waals surface area contributed by atoms with Gasteiger partial charge in [0.05, 0.1) is 26.3 Å². The molecule has 0 radical (unpaired) electrons. The molecule has 1 amide bonds. The molecule has 3 rings (SSSR count). The van der Waals surface area contributed by atoms with Crippen molar-refractivity contribution in [2.45, 2.75) is 13.0 Å². The second-order valence-corrected chi connectivity index (χ2v) is 7.12. The van der Waals surface area contributed by atoms with E-state index < -0.39 is 0 Å². The van der Waals surface area contributed by atoms with E-state index in [9.17, 15) is 4.79 Å². The van der Waals surface area contributed by atoms with Crippen molar-refractivity contribution in [3.63, 3.8) is 0 Å². The number of carbonyl (C=O) groups excluding carboxylic acids is 1. The molecule has 0 unspecified atom stereocenters. The van der Waals surface area contributed by atoms with E-state index in [-0.39, 0.29) is 11.9 Å². The molecule has 0 N–H and O–H groups in total. The Morgan fingerprint density at radius 1 is 1.17 bits per heavy atom. The maximum atomic E-state index is 12.6. The van der Waals surface area contributed by atoms with Gasteiger partial charge in [0.15, 0.2) is 0 Å². The Kier molecular flexibility index (Phi) is 4.57. The summed E-state index contributed by atoms with van der Waals surface area (Å²) in [6.45, 7) is 1.97. The van der Waals surface area contributed by atoms with Crippen LogP contribution >= 0.6 is 34.5 Å². The van der Waals surface area contributed by atoms with Gasteiger partial charge in [0.2, 0.25) is 0 Å². The molecule has 0 aliphatic heterocycles. The molecule has 0 aliphatic rings. The van der Waals surface area contributed by atoms with Crippen LogP contribution in [0.25, 0.3) is 10.2 Å². The first-order valence-corrected chi connectivity index (χ1v) is 8.62. The van der Waals surface area contributed by atoms with E-state index in [4.69, 9.17) is 23.2 Å². The monoisotopic (exact) mass is 364 g/mol. The Balaban J connectivity index is 1.87. The van der Waals surface area contributed by atoms with Gasteiger partial charge in [0.1, 0.15) is 5.01 Å². The number of hydrogen-bond donors (Lipinski definition) is 0. The molecule has 0 bridgehead atoms. The summed E-state index contributed by atoms with van der Waals surface area (Å²) < 4.78 is 1.12.